The molecular formula is C17H16ClFN2O2. The van der Waals surface area contributed by atoms with Crippen molar-refractivity contribution in [2.24, 2.45) is 5.73 Å². The molecule has 0 aromatic heterocycles. The van der Waals surface area contributed by atoms with Crippen molar-refractivity contribution in [1.29, 1.82) is 0 Å². The lowest BCUT2D eigenvalue weighted by molar-refractivity contribution is -0.119. The second kappa shape index (κ2) is 5.83. The SMILES string of the molecule is Cc1ccc2c(c1Oc1cc(F)ccc1Cl)N(C)C(=O)[C@H](N)C2. The number of hydrogen-bond donors (Lipinski definition) is 1. The molecule has 3 rings (SSSR count). The first kappa shape index (κ1) is 15.8. The first-order valence-electron chi connectivity index (χ1n) is 7.17. The minimum Gasteiger partial charge on any atom is -0.453 e. The van der Waals surface area contributed by atoms with E-state index in [0.717, 1.165) is 11.1 Å². The van der Waals surface area contributed by atoms with Gasteiger partial charge in [0.2, 0.25) is 5.91 Å². The zero-order valence-corrected chi connectivity index (χ0v) is 13.5. The predicted octanol–water partition coefficient (Wildman–Crippen LogP) is 3.43. The van der Waals surface area contributed by atoms with Gasteiger partial charge in [-0.2, -0.15) is 0 Å². The van der Waals surface area contributed by atoms with Crippen molar-refractivity contribution in [2.75, 3.05) is 11.9 Å². The van der Waals surface area contributed by atoms with E-state index < -0.39 is 11.9 Å². The van der Waals surface area contributed by atoms with Gasteiger partial charge in [0.1, 0.15) is 11.6 Å². The minimum atomic E-state index is -0.569. The summed E-state index contributed by atoms with van der Waals surface area (Å²) in [6.07, 6.45) is 0.437. The summed E-state index contributed by atoms with van der Waals surface area (Å²) in [4.78, 5) is 13.7. The van der Waals surface area contributed by atoms with E-state index in [1.54, 1.807) is 7.05 Å². The average Bonchev–Trinajstić information content (AvgIpc) is 2.51. The molecule has 1 heterocycles. The summed E-state index contributed by atoms with van der Waals surface area (Å²) < 4.78 is 19.3. The quantitative estimate of drug-likeness (QED) is 0.915. The molecule has 0 aliphatic carbocycles. The molecule has 6 heteroatoms. The van der Waals surface area contributed by atoms with E-state index in [4.69, 9.17) is 22.1 Å². The third-order valence-corrected chi connectivity index (χ3v) is 4.25. The lowest BCUT2D eigenvalue weighted by atomic mass is 9.96. The van der Waals surface area contributed by atoms with Gasteiger partial charge < -0.3 is 15.4 Å². The van der Waals surface area contributed by atoms with Crippen molar-refractivity contribution in [3.63, 3.8) is 0 Å². The van der Waals surface area contributed by atoms with Crippen LogP contribution in [-0.4, -0.2) is 19.0 Å². The number of likely N-dealkylation sites (N-methyl/N-ethyl adjacent to an activating group) is 1. The number of rotatable bonds is 2. The summed E-state index contributed by atoms with van der Waals surface area (Å²) in [6, 6.07) is 7.16. The number of anilines is 1. The van der Waals surface area contributed by atoms with Crippen molar-refractivity contribution in [3.05, 3.63) is 52.3 Å². The molecule has 1 atom stereocenters. The molecule has 0 radical (unpaired) electrons. The van der Waals surface area contributed by atoms with Gasteiger partial charge in [0.05, 0.1) is 16.8 Å². The van der Waals surface area contributed by atoms with Gasteiger partial charge in [-0.1, -0.05) is 23.7 Å². The van der Waals surface area contributed by atoms with Crippen LogP contribution in [0.5, 0.6) is 11.5 Å². The Hall–Kier alpha value is -2.11. The fraction of sp³-hybridized carbons (Fsp3) is 0.235. The number of hydrogen-bond acceptors (Lipinski definition) is 3. The van der Waals surface area contributed by atoms with Crippen LogP contribution in [0.25, 0.3) is 0 Å². The number of halogens is 2. The van der Waals surface area contributed by atoms with Crippen LogP contribution in [-0.2, 0) is 11.2 Å². The number of benzene rings is 2. The maximum absolute atomic E-state index is 13.5. The van der Waals surface area contributed by atoms with E-state index in [1.165, 1.54) is 23.1 Å². The molecule has 1 aliphatic heterocycles. The molecule has 0 fully saturated rings. The van der Waals surface area contributed by atoms with Crippen molar-refractivity contribution in [1.82, 2.24) is 0 Å². The summed E-state index contributed by atoms with van der Waals surface area (Å²) in [5, 5.41) is 0.296. The Morgan fingerprint density at radius 3 is 2.83 bits per heavy atom. The molecule has 120 valence electrons. The monoisotopic (exact) mass is 334 g/mol. The Kier molecular flexibility index (Phi) is 4.00. The van der Waals surface area contributed by atoms with Gasteiger partial charge in [-0.3, -0.25) is 4.79 Å². The Bertz CT molecular complexity index is 794. The van der Waals surface area contributed by atoms with Crippen LogP contribution in [0, 0.1) is 12.7 Å². The Labute approximate surface area is 138 Å². The highest BCUT2D eigenvalue weighted by Crippen LogP contribution is 2.42. The molecule has 2 N–H and O–H groups in total. The topological polar surface area (TPSA) is 55.6 Å². The van der Waals surface area contributed by atoms with Crippen LogP contribution in [0.15, 0.2) is 30.3 Å². The number of fused-ring (bicyclic) bond motifs is 1. The molecule has 1 amide bonds. The summed E-state index contributed by atoms with van der Waals surface area (Å²) in [5.41, 5.74) is 8.24. The maximum Gasteiger partial charge on any atom is 0.244 e. The molecule has 0 unspecified atom stereocenters. The largest absolute Gasteiger partial charge is 0.453 e. The van der Waals surface area contributed by atoms with E-state index in [1.807, 2.05) is 19.1 Å². The molecule has 0 bridgehead atoms. The zero-order valence-electron chi connectivity index (χ0n) is 12.8. The standard InChI is InChI=1S/C17H16ClFN2O2/c1-9-3-4-10-7-13(20)17(22)21(2)15(10)16(9)23-14-8-11(19)5-6-12(14)18/h3-6,8,13H,7,20H2,1-2H3/t13-/m1/s1. The highest BCUT2D eigenvalue weighted by Gasteiger charge is 2.31. The molecule has 0 saturated heterocycles. The molecule has 0 saturated carbocycles. The van der Waals surface area contributed by atoms with Crippen LogP contribution < -0.4 is 15.4 Å². The van der Waals surface area contributed by atoms with E-state index in [2.05, 4.69) is 0 Å². The van der Waals surface area contributed by atoms with Gasteiger partial charge in [0.25, 0.3) is 0 Å². The number of amides is 1. The third-order valence-electron chi connectivity index (χ3n) is 3.94. The minimum absolute atomic E-state index is 0.182. The second-order valence-electron chi connectivity index (χ2n) is 5.60. The Morgan fingerprint density at radius 1 is 1.35 bits per heavy atom. The first-order chi connectivity index (χ1) is 10.9. The molecule has 1 aliphatic rings. The lowest BCUT2D eigenvalue weighted by Crippen LogP contribution is -2.47. The normalized spacial score (nSPS) is 17.2. The van der Waals surface area contributed by atoms with Gasteiger partial charge in [-0.05, 0) is 36.6 Å². The fourth-order valence-corrected chi connectivity index (χ4v) is 2.88. The number of nitrogens with zero attached hydrogens (tertiary/aromatic N) is 1. The van der Waals surface area contributed by atoms with Gasteiger partial charge in [0.15, 0.2) is 5.75 Å². The van der Waals surface area contributed by atoms with E-state index in [-0.39, 0.29) is 11.7 Å². The summed E-state index contributed by atoms with van der Waals surface area (Å²) >= 11 is 6.08. The first-order valence-corrected chi connectivity index (χ1v) is 7.55. The Balaban J connectivity index is 2.11. The van der Waals surface area contributed by atoms with Crippen molar-refractivity contribution < 1.29 is 13.9 Å². The predicted molar refractivity (Wildman–Crippen MR) is 87.8 cm³/mol. The van der Waals surface area contributed by atoms with Crippen LogP contribution in [0.4, 0.5) is 10.1 Å². The van der Waals surface area contributed by atoms with Gasteiger partial charge in [-0.15, -0.1) is 0 Å². The average molecular weight is 335 g/mol. The molecule has 2 aromatic rings. The van der Waals surface area contributed by atoms with Gasteiger partial charge >= 0.3 is 0 Å². The molecule has 23 heavy (non-hydrogen) atoms. The molecule has 4 nitrogen and oxygen atoms in total. The van der Waals surface area contributed by atoms with E-state index in [9.17, 15) is 9.18 Å². The zero-order chi connectivity index (χ0) is 16.7. The molecule has 2 aromatic carbocycles. The van der Waals surface area contributed by atoms with Crippen LogP contribution in [0.3, 0.4) is 0 Å². The fourth-order valence-electron chi connectivity index (χ4n) is 2.72. The van der Waals surface area contributed by atoms with E-state index >= 15 is 0 Å². The Morgan fingerprint density at radius 2 is 2.09 bits per heavy atom. The van der Waals surface area contributed by atoms with Crippen LogP contribution >= 0.6 is 11.6 Å². The summed E-state index contributed by atoms with van der Waals surface area (Å²) in [5.74, 6) is 0.0632. The van der Waals surface area contributed by atoms with Crippen molar-refractivity contribution >= 4 is 23.2 Å². The highest BCUT2D eigenvalue weighted by atomic mass is 35.5. The molecule has 0 spiro atoms. The van der Waals surface area contributed by atoms with Crippen LogP contribution in [0.1, 0.15) is 11.1 Å². The third kappa shape index (κ3) is 2.78. The van der Waals surface area contributed by atoms with Crippen LogP contribution in [0.2, 0.25) is 5.02 Å². The smallest absolute Gasteiger partial charge is 0.244 e. The number of carbonyl (C=O) groups is 1. The molecular weight excluding hydrogens is 319 g/mol. The van der Waals surface area contributed by atoms with Gasteiger partial charge in [0, 0.05) is 13.1 Å². The van der Waals surface area contributed by atoms with Crippen molar-refractivity contribution in [3.8, 4) is 11.5 Å². The highest BCUT2D eigenvalue weighted by molar-refractivity contribution is 6.32. The van der Waals surface area contributed by atoms with Crippen molar-refractivity contribution in [2.45, 2.75) is 19.4 Å². The lowest BCUT2D eigenvalue weighted by Gasteiger charge is -2.32. The number of nitrogens with two attached hydrogens (primary N) is 1. The number of carbonyl (C=O) groups excluding carboxylic acids is 1. The summed E-state index contributed by atoms with van der Waals surface area (Å²) in [7, 11) is 1.65. The summed E-state index contributed by atoms with van der Waals surface area (Å²) in [6.45, 7) is 1.86. The number of ether oxygens (including phenoxy) is 1. The second-order valence-corrected chi connectivity index (χ2v) is 6.01. The van der Waals surface area contributed by atoms with Gasteiger partial charge in [-0.25, -0.2) is 4.39 Å². The number of aryl methyl sites for hydroxylation is 1. The maximum atomic E-state index is 13.5. The van der Waals surface area contributed by atoms with E-state index in [0.29, 0.717) is 22.9 Å².